The number of rotatable bonds is 5. The van der Waals surface area contributed by atoms with Crippen LogP contribution in [0, 0.1) is 5.92 Å². The van der Waals surface area contributed by atoms with Crippen LogP contribution in [0.5, 0.6) is 0 Å². The number of nitrogens with one attached hydrogen (secondary N) is 1. The van der Waals surface area contributed by atoms with Crippen molar-refractivity contribution in [2.45, 2.75) is 45.7 Å². The van der Waals surface area contributed by atoms with Crippen LogP contribution in [0.2, 0.25) is 0 Å². The second-order valence-corrected chi connectivity index (χ2v) is 4.62. The predicted molar refractivity (Wildman–Crippen MR) is 56.7 cm³/mol. The Hall–Kier alpha value is -0.610. The fraction of sp³-hybridized carbons (Fsp3) is 0.900. The molecule has 0 saturated heterocycles. The van der Waals surface area contributed by atoms with Crippen molar-refractivity contribution in [1.82, 2.24) is 5.32 Å². The number of carbonyl (C=O) groups excluding carboxylic acids is 1. The van der Waals surface area contributed by atoms with E-state index in [1.807, 2.05) is 27.7 Å². The zero-order chi connectivity index (χ0) is 11.4. The van der Waals surface area contributed by atoms with Gasteiger partial charge in [0, 0.05) is 12.1 Å². The van der Waals surface area contributed by atoms with E-state index in [4.69, 9.17) is 10.8 Å². The van der Waals surface area contributed by atoms with Crippen molar-refractivity contribution >= 4 is 5.91 Å². The monoisotopic (exact) mass is 202 g/mol. The van der Waals surface area contributed by atoms with Crippen molar-refractivity contribution in [2.75, 3.05) is 6.61 Å². The van der Waals surface area contributed by atoms with Gasteiger partial charge < -0.3 is 16.2 Å². The third-order valence-electron chi connectivity index (χ3n) is 2.22. The van der Waals surface area contributed by atoms with Crippen LogP contribution in [-0.4, -0.2) is 29.2 Å². The molecular formula is C10H22N2O2. The summed E-state index contributed by atoms with van der Waals surface area (Å²) in [6, 6.07) is -0.479. The summed E-state index contributed by atoms with van der Waals surface area (Å²) in [7, 11) is 0. The lowest BCUT2D eigenvalue weighted by atomic mass is 9.98. The maximum absolute atomic E-state index is 11.6. The molecule has 0 radical (unpaired) electrons. The van der Waals surface area contributed by atoms with Gasteiger partial charge in [-0.05, 0) is 26.2 Å². The molecule has 0 aliphatic carbocycles. The van der Waals surface area contributed by atoms with Crippen LogP contribution in [0.1, 0.15) is 34.1 Å². The van der Waals surface area contributed by atoms with Gasteiger partial charge in [0.1, 0.15) is 0 Å². The van der Waals surface area contributed by atoms with Crippen LogP contribution in [-0.2, 0) is 4.79 Å². The number of amides is 1. The third kappa shape index (κ3) is 4.58. The van der Waals surface area contributed by atoms with E-state index in [1.165, 1.54) is 0 Å². The van der Waals surface area contributed by atoms with Crippen molar-refractivity contribution in [3.8, 4) is 0 Å². The maximum atomic E-state index is 11.6. The topological polar surface area (TPSA) is 75.4 Å². The standard InChI is InChI=1S/C10H22N2O2/c1-7(2)8(11)9(14)12-10(3,4)5-6-13/h7-8,13H,5-6,11H2,1-4H3,(H,12,14). The summed E-state index contributed by atoms with van der Waals surface area (Å²) in [6.45, 7) is 7.61. The van der Waals surface area contributed by atoms with Crippen molar-refractivity contribution in [2.24, 2.45) is 11.7 Å². The first-order valence-electron chi connectivity index (χ1n) is 4.98. The summed E-state index contributed by atoms with van der Waals surface area (Å²) >= 11 is 0. The Bertz CT molecular complexity index is 191. The van der Waals surface area contributed by atoms with E-state index in [0.29, 0.717) is 6.42 Å². The lowest BCUT2D eigenvalue weighted by molar-refractivity contribution is -0.125. The molecule has 0 fully saturated rings. The lowest BCUT2D eigenvalue weighted by Gasteiger charge is -2.28. The van der Waals surface area contributed by atoms with E-state index in [0.717, 1.165) is 0 Å². The second-order valence-electron chi connectivity index (χ2n) is 4.62. The molecule has 4 nitrogen and oxygen atoms in total. The second kappa shape index (κ2) is 5.32. The van der Waals surface area contributed by atoms with E-state index in [9.17, 15) is 4.79 Å². The first-order valence-corrected chi connectivity index (χ1v) is 4.98. The molecule has 0 aromatic rings. The van der Waals surface area contributed by atoms with Crippen molar-refractivity contribution in [3.05, 3.63) is 0 Å². The summed E-state index contributed by atoms with van der Waals surface area (Å²) < 4.78 is 0. The van der Waals surface area contributed by atoms with Crippen LogP contribution in [0.15, 0.2) is 0 Å². The zero-order valence-electron chi connectivity index (χ0n) is 9.50. The highest BCUT2D eigenvalue weighted by Gasteiger charge is 2.24. The Morgan fingerprint density at radius 2 is 2.00 bits per heavy atom. The molecule has 84 valence electrons. The normalized spacial score (nSPS) is 14.2. The molecule has 0 aliphatic heterocycles. The average molecular weight is 202 g/mol. The lowest BCUT2D eigenvalue weighted by Crippen LogP contribution is -2.52. The molecule has 1 unspecified atom stereocenters. The maximum Gasteiger partial charge on any atom is 0.237 e. The van der Waals surface area contributed by atoms with E-state index in [-0.39, 0.29) is 18.4 Å². The van der Waals surface area contributed by atoms with Gasteiger partial charge in [-0.15, -0.1) is 0 Å². The first kappa shape index (κ1) is 13.4. The highest BCUT2D eigenvalue weighted by molar-refractivity contribution is 5.82. The van der Waals surface area contributed by atoms with Crippen LogP contribution in [0.25, 0.3) is 0 Å². The Kier molecular flexibility index (Phi) is 5.08. The SMILES string of the molecule is CC(C)C(N)C(=O)NC(C)(C)CCO. The molecule has 0 saturated carbocycles. The van der Waals surface area contributed by atoms with E-state index in [1.54, 1.807) is 0 Å². The van der Waals surface area contributed by atoms with Gasteiger partial charge in [0.05, 0.1) is 6.04 Å². The quantitative estimate of drug-likeness (QED) is 0.598. The summed E-state index contributed by atoms with van der Waals surface area (Å²) in [6.07, 6.45) is 0.531. The van der Waals surface area contributed by atoms with Gasteiger partial charge in [-0.3, -0.25) is 4.79 Å². The van der Waals surface area contributed by atoms with Crippen LogP contribution >= 0.6 is 0 Å². The molecule has 0 rings (SSSR count). The van der Waals surface area contributed by atoms with Gasteiger partial charge in [-0.2, -0.15) is 0 Å². The van der Waals surface area contributed by atoms with Gasteiger partial charge >= 0.3 is 0 Å². The summed E-state index contributed by atoms with van der Waals surface area (Å²) in [5.41, 5.74) is 5.30. The highest BCUT2D eigenvalue weighted by atomic mass is 16.3. The Morgan fingerprint density at radius 1 is 1.50 bits per heavy atom. The van der Waals surface area contributed by atoms with Gasteiger partial charge in [0.15, 0.2) is 0 Å². The van der Waals surface area contributed by atoms with E-state index >= 15 is 0 Å². The molecule has 0 heterocycles. The van der Waals surface area contributed by atoms with Gasteiger partial charge in [-0.1, -0.05) is 13.8 Å². The summed E-state index contributed by atoms with van der Waals surface area (Å²) in [4.78, 5) is 11.6. The molecule has 0 aromatic carbocycles. The number of hydrogen-bond acceptors (Lipinski definition) is 3. The molecule has 1 amide bonds. The fourth-order valence-electron chi connectivity index (χ4n) is 1.06. The number of aliphatic hydroxyl groups is 1. The molecule has 0 aliphatic rings. The fourth-order valence-corrected chi connectivity index (χ4v) is 1.06. The molecule has 1 atom stereocenters. The van der Waals surface area contributed by atoms with Crippen LogP contribution in [0.4, 0.5) is 0 Å². The minimum atomic E-state index is -0.479. The largest absolute Gasteiger partial charge is 0.396 e. The van der Waals surface area contributed by atoms with Crippen LogP contribution in [0.3, 0.4) is 0 Å². The molecule has 14 heavy (non-hydrogen) atoms. The summed E-state index contributed by atoms with van der Waals surface area (Å²) in [5.74, 6) is -0.0293. The Balaban J connectivity index is 4.17. The van der Waals surface area contributed by atoms with Crippen molar-refractivity contribution in [1.29, 1.82) is 0 Å². The average Bonchev–Trinajstić information content (AvgIpc) is 2.01. The van der Waals surface area contributed by atoms with Gasteiger partial charge in [-0.25, -0.2) is 0 Å². The molecular weight excluding hydrogens is 180 g/mol. The molecule has 0 spiro atoms. The number of hydrogen-bond donors (Lipinski definition) is 3. The van der Waals surface area contributed by atoms with E-state index in [2.05, 4.69) is 5.32 Å². The third-order valence-corrected chi connectivity index (χ3v) is 2.22. The minimum Gasteiger partial charge on any atom is -0.396 e. The van der Waals surface area contributed by atoms with E-state index < -0.39 is 11.6 Å². The number of carbonyl (C=O) groups is 1. The molecule has 4 heteroatoms. The Labute approximate surface area is 85.9 Å². The first-order chi connectivity index (χ1) is 6.30. The highest BCUT2D eigenvalue weighted by Crippen LogP contribution is 2.08. The van der Waals surface area contributed by atoms with Crippen LogP contribution < -0.4 is 11.1 Å². The summed E-state index contributed by atoms with van der Waals surface area (Å²) in [5, 5.41) is 11.6. The van der Waals surface area contributed by atoms with Gasteiger partial charge in [0.25, 0.3) is 0 Å². The van der Waals surface area contributed by atoms with Gasteiger partial charge in [0.2, 0.25) is 5.91 Å². The van der Waals surface area contributed by atoms with Crippen molar-refractivity contribution in [3.63, 3.8) is 0 Å². The number of aliphatic hydroxyl groups excluding tert-OH is 1. The Morgan fingerprint density at radius 3 is 2.36 bits per heavy atom. The molecule has 4 N–H and O–H groups in total. The zero-order valence-corrected chi connectivity index (χ0v) is 9.50. The predicted octanol–water partition coefficient (Wildman–Crippen LogP) is 0.247. The van der Waals surface area contributed by atoms with Crippen molar-refractivity contribution < 1.29 is 9.90 Å². The molecule has 0 aromatic heterocycles. The minimum absolute atomic E-state index is 0.0597. The molecule has 0 bridgehead atoms. The number of nitrogens with two attached hydrogens (primary N) is 1. The smallest absolute Gasteiger partial charge is 0.237 e.